The van der Waals surface area contributed by atoms with Crippen molar-refractivity contribution in [1.82, 2.24) is 5.32 Å². The van der Waals surface area contributed by atoms with Gasteiger partial charge >= 0.3 is 0 Å². The van der Waals surface area contributed by atoms with Crippen LogP contribution in [0.1, 0.15) is 33.1 Å². The van der Waals surface area contributed by atoms with Gasteiger partial charge in [-0.2, -0.15) is 0 Å². The van der Waals surface area contributed by atoms with Crippen LogP contribution in [0.5, 0.6) is 0 Å². The number of rotatable bonds is 4. The Morgan fingerprint density at radius 1 is 1.58 bits per heavy atom. The van der Waals surface area contributed by atoms with E-state index in [2.05, 4.69) is 25.2 Å². The largest absolute Gasteiger partial charge is 0.497 e. The number of ether oxygens (including phenoxy) is 1. The van der Waals surface area contributed by atoms with Crippen LogP contribution in [0, 0.1) is 0 Å². The molecule has 1 rings (SSSR count). The quantitative estimate of drug-likeness (QED) is 0.695. The topological polar surface area (TPSA) is 21.3 Å². The molecule has 1 aliphatic heterocycles. The van der Waals surface area contributed by atoms with Crippen LogP contribution >= 0.6 is 0 Å². The molecule has 1 atom stereocenters. The SMILES string of the molecule is CCNC(CC)C1=CCCCO1. The summed E-state index contributed by atoms with van der Waals surface area (Å²) in [6.07, 6.45) is 5.68. The molecule has 1 unspecified atom stereocenters. The van der Waals surface area contributed by atoms with Gasteiger partial charge in [-0.1, -0.05) is 13.8 Å². The normalized spacial score (nSPS) is 19.7. The predicted octanol–water partition coefficient (Wildman–Crippen LogP) is 2.07. The molecule has 0 amide bonds. The Morgan fingerprint density at radius 3 is 2.92 bits per heavy atom. The van der Waals surface area contributed by atoms with Crippen LogP contribution in [0.15, 0.2) is 11.8 Å². The van der Waals surface area contributed by atoms with Crippen LogP contribution in [-0.4, -0.2) is 19.2 Å². The van der Waals surface area contributed by atoms with Crippen molar-refractivity contribution >= 4 is 0 Å². The molecule has 0 aliphatic carbocycles. The average Bonchev–Trinajstić information content (AvgIpc) is 2.15. The molecule has 0 aromatic carbocycles. The highest BCUT2D eigenvalue weighted by atomic mass is 16.5. The molecular formula is C10H19NO. The molecule has 70 valence electrons. The Hall–Kier alpha value is -0.500. The molecule has 2 nitrogen and oxygen atoms in total. The first-order valence-electron chi connectivity index (χ1n) is 4.94. The maximum absolute atomic E-state index is 5.58. The third-order valence-corrected chi connectivity index (χ3v) is 2.16. The molecule has 0 saturated carbocycles. The van der Waals surface area contributed by atoms with Crippen LogP contribution in [0.4, 0.5) is 0 Å². The van der Waals surface area contributed by atoms with Gasteiger partial charge in [0.1, 0.15) is 5.76 Å². The van der Waals surface area contributed by atoms with Gasteiger partial charge in [-0.3, -0.25) is 0 Å². The molecule has 1 N–H and O–H groups in total. The lowest BCUT2D eigenvalue weighted by atomic mass is 10.1. The lowest BCUT2D eigenvalue weighted by Gasteiger charge is -2.23. The number of hydrogen-bond acceptors (Lipinski definition) is 2. The zero-order valence-electron chi connectivity index (χ0n) is 8.10. The summed E-state index contributed by atoms with van der Waals surface area (Å²) in [5.41, 5.74) is 0. The van der Waals surface area contributed by atoms with Crippen LogP contribution < -0.4 is 5.32 Å². The van der Waals surface area contributed by atoms with Gasteiger partial charge < -0.3 is 10.1 Å². The van der Waals surface area contributed by atoms with E-state index >= 15 is 0 Å². The summed E-state index contributed by atoms with van der Waals surface area (Å²) in [7, 11) is 0. The molecule has 0 aromatic rings. The minimum atomic E-state index is 0.440. The Balaban J connectivity index is 2.45. The fraction of sp³-hybridized carbons (Fsp3) is 0.800. The van der Waals surface area contributed by atoms with Crippen LogP contribution in [0.3, 0.4) is 0 Å². The zero-order valence-corrected chi connectivity index (χ0v) is 8.10. The summed E-state index contributed by atoms with van der Waals surface area (Å²) in [6.45, 7) is 6.23. The molecule has 1 heterocycles. The van der Waals surface area contributed by atoms with Crippen molar-refractivity contribution < 1.29 is 4.74 Å². The summed E-state index contributed by atoms with van der Waals surface area (Å²) in [5, 5.41) is 3.41. The highest BCUT2D eigenvalue weighted by Gasteiger charge is 2.13. The Bertz CT molecular complexity index is 154. The van der Waals surface area contributed by atoms with Crippen molar-refractivity contribution in [2.24, 2.45) is 0 Å². The maximum atomic E-state index is 5.58. The molecule has 0 aromatic heterocycles. The molecule has 1 aliphatic rings. The second-order valence-corrected chi connectivity index (χ2v) is 3.12. The lowest BCUT2D eigenvalue weighted by molar-refractivity contribution is 0.166. The number of allylic oxidation sites excluding steroid dienone is 1. The minimum absolute atomic E-state index is 0.440. The molecule has 0 spiro atoms. The van der Waals surface area contributed by atoms with Gasteiger partial charge in [0.05, 0.1) is 12.6 Å². The van der Waals surface area contributed by atoms with Crippen LogP contribution in [0.25, 0.3) is 0 Å². The van der Waals surface area contributed by atoms with Crippen LogP contribution in [0.2, 0.25) is 0 Å². The van der Waals surface area contributed by atoms with Gasteiger partial charge in [0.25, 0.3) is 0 Å². The average molecular weight is 169 g/mol. The summed E-state index contributed by atoms with van der Waals surface area (Å²) in [6, 6.07) is 0.440. The van der Waals surface area contributed by atoms with Gasteiger partial charge in [0.15, 0.2) is 0 Å². The lowest BCUT2D eigenvalue weighted by Crippen LogP contribution is -2.32. The van der Waals surface area contributed by atoms with Gasteiger partial charge in [-0.25, -0.2) is 0 Å². The van der Waals surface area contributed by atoms with Crippen molar-refractivity contribution in [3.63, 3.8) is 0 Å². The van der Waals surface area contributed by atoms with E-state index in [1.165, 1.54) is 12.8 Å². The predicted molar refractivity (Wildman–Crippen MR) is 51.0 cm³/mol. The summed E-state index contributed by atoms with van der Waals surface area (Å²) in [4.78, 5) is 0. The Morgan fingerprint density at radius 2 is 2.42 bits per heavy atom. The highest BCUT2D eigenvalue weighted by Crippen LogP contribution is 2.15. The van der Waals surface area contributed by atoms with Crippen molar-refractivity contribution in [3.05, 3.63) is 11.8 Å². The zero-order chi connectivity index (χ0) is 8.81. The summed E-state index contributed by atoms with van der Waals surface area (Å²) >= 11 is 0. The van der Waals surface area contributed by atoms with E-state index in [4.69, 9.17) is 4.74 Å². The monoisotopic (exact) mass is 169 g/mol. The third-order valence-electron chi connectivity index (χ3n) is 2.16. The maximum Gasteiger partial charge on any atom is 0.109 e. The Kier molecular flexibility index (Phi) is 4.15. The smallest absolute Gasteiger partial charge is 0.109 e. The molecule has 0 radical (unpaired) electrons. The second-order valence-electron chi connectivity index (χ2n) is 3.12. The van der Waals surface area contributed by atoms with E-state index in [0.29, 0.717) is 6.04 Å². The van der Waals surface area contributed by atoms with Gasteiger partial charge in [0, 0.05) is 0 Å². The van der Waals surface area contributed by atoms with Crippen molar-refractivity contribution in [2.45, 2.75) is 39.2 Å². The first kappa shape index (κ1) is 9.59. The minimum Gasteiger partial charge on any atom is -0.497 e. The number of hydrogen-bond donors (Lipinski definition) is 1. The third kappa shape index (κ3) is 2.52. The molecule has 2 heteroatoms. The van der Waals surface area contributed by atoms with E-state index in [1.807, 2.05) is 0 Å². The first-order valence-corrected chi connectivity index (χ1v) is 4.94. The molecular weight excluding hydrogens is 150 g/mol. The fourth-order valence-corrected chi connectivity index (χ4v) is 1.51. The van der Waals surface area contributed by atoms with Gasteiger partial charge in [-0.15, -0.1) is 0 Å². The number of nitrogens with one attached hydrogen (secondary N) is 1. The van der Waals surface area contributed by atoms with Crippen molar-refractivity contribution in [2.75, 3.05) is 13.2 Å². The van der Waals surface area contributed by atoms with E-state index < -0.39 is 0 Å². The van der Waals surface area contributed by atoms with Crippen LogP contribution in [-0.2, 0) is 4.74 Å². The standard InChI is InChI=1S/C10H19NO/c1-3-9(11-4-2)10-7-5-6-8-12-10/h7,9,11H,3-6,8H2,1-2H3. The van der Waals surface area contributed by atoms with Gasteiger partial charge in [-0.05, 0) is 31.9 Å². The van der Waals surface area contributed by atoms with E-state index in [9.17, 15) is 0 Å². The molecule has 0 fully saturated rings. The van der Waals surface area contributed by atoms with Crippen molar-refractivity contribution in [1.29, 1.82) is 0 Å². The van der Waals surface area contributed by atoms with Gasteiger partial charge in [0.2, 0.25) is 0 Å². The van der Waals surface area contributed by atoms with E-state index in [-0.39, 0.29) is 0 Å². The second kappa shape index (κ2) is 5.20. The van der Waals surface area contributed by atoms with E-state index in [0.717, 1.165) is 25.3 Å². The number of likely N-dealkylation sites (N-methyl/N-ethyl adjacent to an activating group) is 1. The molecule has 0 bridgehead atoms. The van der Waals surface area contributed by atoms with E-state index in [1.54, 1.807) is 0 Å². The fourth-order valence-electron chi connectivity index (χ4n) is 1.51. The summed E-state index contributed by atoms with van der Waals surface area (Å²) in [5.74, 6) is 1.16. The molecule has 12 heavy (non-hydrogen) atoms. The Labute approximate surface area is 75.0 Å². The van der Waals surface area contributed by atoms with Crippen molar-refractivity contribution in [3.8, 4) is 0 Å². The first-order chi connectivity index (χ1) is 5.88. The molecule has 0 saturated heterocycles. The highest BCUT2D eigenvalue weighted by molar-refractivity contribution is 5.04. The summed E-state index contributed by atoms with van der Waals surface area (Å²) < 4.78 is 5.58.